The van der Waals surface area contributed by atoms with E-state index < -0.39 is 0 Å². The molecule has 0 fully saturated rings. The van der Waals surface area contributed by atoms with Gasteiger partial charge in [-0.25, -0.2) is 4.57 Å². The van der Waals surface area contributed by atoms with Crippen LogP contribution < -0.4 is 4.57 Å². The van der Waals surface area contributed by atoms with Crippen molar-refractivity contribution in [3.63, 3.8) is 0 Å². The zero-order chi connectivity index (χ0) is 23.4. The Morgan fingerprint density at radius 2 is 1.28 bits per heavy atom. The fourth-order valence-corrected chi connectivity index (χ4v) is 4.65. The number of hydrogen-bond donors (Lipinski definition) is 0. The largest absolute Gasteiger partial charge is 0.254 e. The summed E-state index contributed by atoms with van der Waals surface area (Å²) in [6.45, 7) is 20.4. The Morgan fingerprint density at radius 1 is 0.719 bits per heavy atom. The molecule has 0 amide bonds. The topological polar surface area (TPSA) is 8.29 Å². The van der Waals surface area contributed by atoms with Crippen molar-refractivity contribution in [3.05, 3.63) is 88.9 Å². The molecule has 0 spiro atoms. The number of hydrogen-bond acceptors (Lipinski definition) is 0. The molecule has 4 rings (SSSR count). The van der Waals surface area contributed by atoms with Gasteiger partial charge in [0.15, 0.2) is 5.52 Å². The molecule has 2 heteroatoms. The van der Waals surface area contributed by atoms with E-state index in [0.717, 1.165) is 0 Å². The van der Waals surface area contributed by atoms with Gasteiger partial charge in [0.1, 0.15) is 17.6 Å². The maximum atomic E-state index is 2.39. The summed E-state index contributed by atoms with van der Waals surface area (Å²) in [5, 5.41) is 0. The van der Waals surface area contributed by atoms with Crippen molar-refractivity contribution >= 4 is 5.52 Å². The molecule has 0 saturated heterocycles. The second-order valence-electron chi connectivity index (χ2n) is 11.4. The molecule has 2 nitrogen and oxygen atoms in total. The van der Waals surface area contributed by atoms with E-state index in [-0.39, 0.29) is 10.8 Å². The summed E-state index contributed by atoms with van der Waals surface area (Å²) in [6.07, 6.45) is 4.47. The molecule has 2 heterocycles. The predicted molar refractivity (Wildman–Crippen MR) is 136 cm³/mol. The first-order chi connectivity index (χ1) is 14.8. The highest BCUT2D eigenvalue weighted by molar-refractivity contribution is 5.67. The highest BCUT2D eigenvalue weighted by Crippen LogP contribution is 2.34. The monoisotopic (exact) mass is 425 g/mol. The molecular formula is C30H37N2+. The Kier molecular flexibility index (Phi) is 5.32. The third kappa shape index (κ3) is 4.11. The van der Waals surface area contributed by atoms with Gasteiger partial charge in [0, 0.05) is 5.56 Å². The molecule has 166 valence electrons. The maximum Gasteiger partial charge on any atom is 0.254 e. The lowest BCUT2D eigenvalue weighted by molar-refractivity contribution is -0.594. The molecule has 0 bridgehead atoms. The van der Waals surface area contributed by atoms with Gasteiger partial charge in [-0.05, 0) is 78.1 Å². The molecule has 0 N–H and O–H groups in total. The van der Waals surface area contributed by atoms with Crippen LogP contribution in [0.1, 0.15) is 69.4 Å². The van der Waals surface area contributed by atoms with E-state index in [2.05, 4.69) is 132 Å². The molecule has 0 unspecified atom stereocenters. The van der Waals surface area contributed by atoms with E-state index in [4.69, 9.17) is 0 Å². The van der Waals surface area contributed by atoms with Gasteiger partial charge in [0.05, 0.1) is 0 Å². The Labute approximate surface area is 193 Å². The van der Waals surface area contributed by atoms with E-state index in [1.807, 2.05) is 0 Å². The van der Waals surface area contributed by atoms with Gasteiger partial charge in [0.25, 0.3) is 6.33 Å². The van der Waals surface area contributed by atoms with Crippen LogP contribution in [0, 0.1) is 20.8 Å². The molecule has 4 aromatic rings. The average Bonchev–Trinajstić information content (AvgIpc) is 3.09. The van der Waals surface area contributed by atoms with Crippen molar-refractivity contribution in [2.45, 2.75) is 73.1 Å². The lowest BCUT2D eigenvalue weighted by atomic mass is 9.79. The number of aryl methyl sites for hydroxylation is 3. The van der Waals surface area contributed by atoms with E-state index in [1.54, 1.807) is 0 Å². The molecule has 0 aliphatic carbocycles. The van der Waals surface area contributed by atoms with Crippen LogP contribution >= 0.6 is 0 Å². The third-order valence-electron chi connectivity index (χ3n) is 6.42. The van der Waals surface area contributed by atoms with Gasteiger partial charge < -0.3 is 0 Å². The Morgan fingerprint density at radius 3 is 1.81 bits per heavy atom. The van der Waals surface area contributed by atoms with Gasteiger partial charge >= 0.3 is 0 Å². The Balaban J connectivity index is 1.96. The van der Waals surface area contributed by atoms with Crippen LogP contribution in [-0.2, 0) is 10.8 Å². The van der Waals surface area contributed by atoms with Crippen LogP contribution in [0.4, 0.5) is 0 Å². The summed E-state index contributed by atoms with van der Waals surface area (Å²) in [6, 6.07) is 18.3. The lowest BCUT2D eigenvalue weighted by Crippen LogP contribution is -2.29. The van der Waals surface area contributed by atoms with Gasteiger partial charge in [-0.1, -0.05) is 71.4 Å². The van der Waals surface area contributed by atoms with E-state index in [0.29, 0.717) is 0 Å². The number of benzene rings is 2. The fraction of sp³-hybridized carbons (Fsp3) is 0.367. The number of pyridine rings is 1. The van der Waals surface area contributed by atoms with Crippen LogP contribution in [0.5, 0.6) is 0 Å². The number of aromatic nitrogens is 2. The van der Waals surface area contributed by atoms with Gasteiger partial charge in [0.2, 0.25) is 0 Å². The minimum absolute atomic E-state index is 0.0939. The minimum atomic E-state index is 0.0939. The molecule has 2 aromatic heterocycles. The van der Waals surface area contributed by atoms with Crippen molar-refractivity contribution in [3.8, 4) is 16.9 Å². The number of imidazole rings is 1. The molecule has 32 heavy (non-hydrogen) atoms. The van der Waals surface area contributed by atoms with E-state index in [1.165, 1.54) is 50.3 Å². The van der Waals surface area contributed by atoms with Gasteiger partial charge in [-0.3, -0.25) is 0 Å². The van der Waals surface area contributed by atoms with Crippen molar-refractivity contribution in [2.75, 3.05) is 0 Å². The summed E-state index contributed by atoms with van der Waals surface area (Å²) < 4.78 is 4.61. The third-order valence-corrected chi connectivity index (χ3v) is 6.42. The molecule has 0 atom stereocenters. The van der Waals surface area contributed by atoms with Crippen molar-refractivity contribution in [1.82, 2.24) is 4.40 Å². The van der Waals surface area contributed by atoms with Crippen LogP contribution in [0.3, 0.4) is 0 Å². The summed E-state index contributed by atoms with van der Waals surface area (Å²) in [4.78, 5) is 0. The summed E-state index contributed by atoms with van der Waals surface area (Å²) in [5.41, 5.74) is 11.8. The second kappa shape index (κ2) is 7.62. The van der Waals surface area contributed by atoms with Crippen molar-refractivity contribution in [2.24, 2.45) is 0 Å². The van der Waals surface area contributed by atoms with Crippen molar-refractivity contribution in [1.29, 1.82) is 0 Å². The average molecular weight is 426 g/mol. The minimum Gasteiger partial charge on any atom is -0.201 e. The number of rotatable bonds is 2. The first-order valence-electron chi connectivity index (χ1n) is 11.6. The Hall–Kier alpha value is -2.87. The predicted octanol–water partition coefficient (Wildman–Crippen LogP) is 7.40. The smallest absolute Gasteiger partial charge is 0.201 e. The Bertz CT molecular complexity index is 1250. The van der Waals surface area contributed by atoms with Crippen LogP contribution in [0.15, 0.2) is 61.1 Å². The van der Waals surface area contributed by atoms with Crippen LogP contribution in [-0.4, -0.2) is 4.40 Å². The molecule has 0 aliphatic rings. The van der Waals surface area contributed by atoms with E-state index in [9.17, 15) is 0 Å². The second-order valence-corrected chi connectivity index (χ2v) is 11.4. The molecular weight excluding hydrogens is 388 g/mol. The van der Waals surface area contributed by atoms with Gasteiger partial charge in [-0.15, -0.1) is 0 Å². The fourth-order valence-electron chi connectivity index (χ4n) is 4.65. The highest BCUT2D eigenvalue weighted by Gasteiger charge is 2.23. The highest BCUT2D eigenvalue weighted by atomic mass is 15.1. The molecule has 2 aromatic carbocycles. The molecule has 0 radical (unpaired) electrons. The SMILES string of the molecule is Cc1cc(C)c(-[n+]2cc3cccc(-c4cc(C(C)(C)C)cc(C(C)(C)C)c4)n3c2)c(C)c1. The molecule has 0 saturated carbocycles. The quantitative estimate of drug-likeness (QED) is 0.296. The summed E-state index contributed by atoms with van der Waals surface area (Å²) >= 11 is 0. The summed E-state index contributed by atoms with van der Waals surface area (Å²) in [7, 11) is 0. The number of nitrogens with zero attached hydrogens (tertiary/aromatic N) is 2. The standard InChI is InChI=1S/C30H37N2/c1-20-13-21(2)28(22(3)14-20)31-18-26-11-10-12-27(32(26)19-31)23-15-24(29(4,5)6)17-25(16-23)30(7,8)9/h10-19H,1-9H3/q+1. The molecule has 0 aliphatic heterocycles. The lowest BCUT2D eigenvalue weighted by Gasteiger charge is -2.26. The maximum absolute atomic E-state index is 2.39. The zero-order valence-corrected chi connectivity index (χ0v) is 21.2. The van der Waals surface area contributed by atoms with Crippen LogP contribution in [0.25, 0.3) is 22.5 Å². The van der Waals surface area contributed by atoms with E-state index >= 15 is 0 Å². The first-order valence-corrected chi connectivity index (χ1v) is 11.6. The summed E-state index contributed by atoms with van der Waals surface area (Å²) in [5.74, 6) is 0. The van der Waals surface area contributed by atoms with Crippen molar-refractivity contribution < 1.29 is 4.57 Å². The van der Waals surface area contributed by atoms with Crippen LogP contribution in [0.2, 0.25) is 0 Å². The normalized spacial score (nSPS) is 12.5. The zero-order valence-electron chi connectivity index (χ0n) is 21.2. The first kappa shape index (κ1) is 22.3. The van der Waals surface area contributed by atoms with Gasteiger partial charge in [-0.2, -0.15) is 4.40 Å². The number of fused-ring (bicyclic) bond motifs is 1.